The Morgan fingerprint density at radius 3 is 2.61 bits per heavy atom. The molecule has 0 aliphatic heterocycles. The molecule has 100 valence electrons. The molecular weight excluding hydrogens is 228 g/mol. The van der Waals surface area contributed by atoms with E-state index in [4.69, 9.17) is 10.8 Å². The van der Waals surface area contributed by atoms with Crippen molar-refractivity contribution < 1.29 is 9.90 Å². The van der Waals surface area contributed by atoms with Crippen LogP contribution in [0.1, 0.15) is 31.7 Å². The predicted octanol–water partition coefficient (Wildman–Crippen LogP) is 1.57. The van der Waals surface area contributed by atoms with E-state index in [-0.39, 0.29) is 17.7 Å². The van der Waals surface area contributed by atoms with Gasteiger partial charge in [0.25, 0.3) is 0 Å². The molecule has 4 nitrogen and oxygen atoms in total. The second kappa shape index (κ2) is 7.71. The number of rotatable bonds is 7. The summed E-state index contributed by atoms with van der Waals surface area (Å²) < 4.78 is 0. The predicted molar refractivity (Wildman–Crippen MR) is 72.3 cm³/mol. The molecule has 4 heteroatoms. The maximum absolute atomic E-state index is 11.8. The third kappa shape index (κ3) is 5.19. The SMILES string of the molecule is CCCCC(CN)NC(=O)Cc1ccc(O)cc1. The Morgan fingerprint density at radius 1 is 1.39 bits per heavy atom. The molecule has 1 unspecified atom stereocenters. The summed E-state index contributed by atoms with van der Waals surface area (Å²) >= 11 is 0. The topological polar surface area (TPSA) is 75.3 Å². The van der Waals surface area contributed by atoms with Gasteiger partial charge in [-0.3, -0.25) is 4.79 Å². The van der Waals surface area contributed by atoms with Crippen LogP contribution in [-0.2, 0) is 11.2 Å². The number of hydrogen-bond donors (Lipinski definition) is 3. The number of phenols is 1. The molecule has 0 aromatic heterocycles. The molecule has 1 rings (SSSR count). The van der Waals surface area contributed by atoms with Crippen LogP contribution in [0.5, 0.6) is 5.75 Å². The van der Waals surface area contributed by atoms with Crippen LogP contribution in [0.2, 0.25) is 0 Å². The third-order valence-corrected chi connectivity index (χ3v) is 2.86. The first-order chi connectivity index (χ1) is 8.65. The van der Waals surface area contributed by atoms with E-state index >= 15 is 0 Å². The van der Waals surface area contributed by atoms with Gasteiger partial charge in [0, 0.05) is 12.6 Å². The van der Waals surface area contributed by atoms with Gasteiger partial charge in [0.2, 0.25) is 5.91 Å². The lowest BCUT2D eigenvalue weighted by Crippen LogP contribution is -2.40. The summed E-state index contributed by atoms with van der Waals surface area (Å²) in [6.07, 6.45) is 3.42. The van der Waals surface area contributed by atoms with Crippen molar-refractivity contribution in [2.75, 3.05) is 6.54 Å². The molecule has 0 radical (unpaired) electrons. The Balaban J connectivity index is 2.42. The average Bonchev–Trinajstić information content (AvgIpc) is 2.37. The number of carbonyl (C=O) groups excluding carboxylic acids is 1. The van der Waals surface area contributed by atoms with Gasteiger partial charge in [-0.25, -0.2) is 0 Å². The zero-order chi connectivity index (χ0) is 13.4. The Hall–Kier alpha value is -1.55. The first-order valence-electron chi connectivity index (χ1n) is 6.43. The number of hydrogen-bond acceptors (Lipinski definition) is 3. The van der Waals surface area contributed by atoms with Crippen LogP contribution < -0.4 is 11.1 Å². The fraction of sp³-hybridized carbons (Fsp3) is 0.500. The van der Waals surface area contributed by atoms with Crippen molar-refractivity contribution >= 4 is 5.91 Å². The largest absolute Gasteiger partial charge is 0.508 e. The average molecular weight is 250 g/mol. The van der Waals surface area contributed by atoms with Gasteiger partial charge in [-0.15, -0.1) is 0 Å². The van der Waals surface area contributed by atoms with Crippen molar-refractivity contribution in [1.82, 2.24) is 5.32 Å². The lowest BCUT2D eigenvalue weighted by atomic mass is 10.1. The second-order valence-electron chi connectivity index (χ2n) is 4.49. The number of nitrogens with one attached hydrogen (secondary N) is 1. The maximum Gasteiger partial charge on any atom is 0.224 e. The molecule has 0 bridgehead atoms. The van der Waals surface area contributed by atoms with Gasteiger partial charge in [-0.2, -0.15) is 0 Å². The smallest absolute Gasteiger partial charge is 0.224 e. The van der Waals surface area contributed by atoms with E-state index in [1.165, 1.54) is 0 Å². The molecule has 0 fully saturated rings. The number of carbonyl (C=O) groups is 1. The molecule has 1 aromatic carbocycles. The third-order valence-electron chi connectivity index (χ3n) is 2.86. The molecule has 4 N–H and O–H groups in total. The summed E-state index contributed by atoms with van der Waals surface area (Å²) in [4.78, 5) is 11.8. The Kier molecular flexibility index (Phi) is 6.22. The summed E-state index contributed by atoms with van der Waals surface area (Å²) in [6, 6.07) is 6.73. The summed E-state index contributed by atoms with van der Waals surface area (Å²) in [6.45, 7) is 2.59. The number of phenolic OH excluding ortho intramolecular Hbond substituents is 1. The van der Waals surface area contributed by atoms with Crippen molar-refractivity contribution in [3.05, 3.63) is 29.8 Å². The van der Waals surface area contributed by atoms with Crippen LogP contribution in [0.25, 0.3) is 0 Å². The molecule has 0 aliphatic rings. The van der Waals surface area contributed by atoms with Gasteiger partial charge in [0.05, 0.1) is 6.42 Å². The molecule has 1 amide bonds. The van der Waals surface area contributed by atoms with Crippen LogP contribution in [0.3, 0.4) is 0 Å². The van der Waals surface area contributed by atoms with Crippen LogP contribution in [-0.4, -0.2) is 23.6 Å². The van der Waals surface area contributed by atoms with Crippen molar-refractivity contribution in [3.63, 3.8) is 0 Å². The van der Waals surface area contributed by atoms with Gasteiger partial charge < -0.3 is 16.2 Å². The first kappa shape index (κ1) is 14.5. The molecule has 1 atom stereocenters. The number of aromatic hydroxyl groups is 1. The van der Waals surface area contributed by atoms with Crippen LogP contribution in [0.4, 0.5) is 0 Å². The van der Waals surface area contributed by atoms with E-state index in [0.717, 1.165) is 24.8 Å². The van der Waals surface area contributed by atoms with Gasteiger partial charge in [0.1, 0.15) is 5.75 Å². The Morgan fingerprint density at radius 2 is 2.06 bits per heavy atom. The summed E-state index contributed by atoms with van der Waals surface area (Å²) in [5.41, 5.74) is 6.51. The molecule has 1 aromatic rings. The van der Waals surface area contributed by atoms with E-state index in [1.807, 2.05) is 0 Å². The Labute approximate surface area is 108 Å². The van der Waals surface area contributed by atoms with Crippen molar-refractivity contribution in [2.45, 2.75) is 38.6 Å². The van der Waals surface area contributed by atoms with E-state index in [2.05, 4.69) is 12.2 Å². The minimum absolute atomic E-state index is 0.0211. The summed E-state index contributed by atoms with van der Waals surface area (Å²) in [7, 11) is 0. The molecule has 0 saturated heterocycles. The lowest BCUT2D eigenvalue weighted by Gasteiger charge is -2.16. The minimum atomic E-state index is -0.0211. The van der Waals surface area contributed by atoms with Gasteiger partial charge in [-0.1, -0.05) is 31.9 Å². The van der Waals surface area contributed by atoms with Crippen molar-refractivity contribution in [3.8, 4) is 5.75 Å². The number of unbranched alkanes of at least 4 members (excludes halogenated alkanes) is 1. The molecule has 18 heavy (non-hydrogen) atoms. The van der Waals surface area contributed by atoms with Crippen molar-refractivity contribution in [1.29, 1.82) is 0 Å². The minimum Gasteiger partial charge on any atom is -0.508 e. The van der Waals surface area contributed by atoms with Gasteiger partial charge >= 0.3 is 0 Å². The number of nitrogens with two attached hydrogens (primary N) is 1. The first-order valence-corrected chi connectivity index (χ1v) is 6.43. The van der Waals surface area contributed by atoms with Gasteiger partial charge in [0.15, 0.2) is 0 Å². The molecule has 0 spiro atoms. The monoisotopic (exact) mass is 250 g/mol. The molecule has 0 heterocycles. The van der Waals surface area contributed by atoms with Crippen LogP contribution in [0, 0.1) is 0 Å². The maximum atomic E-state index is 11.8. The van der Waals surface area contributed by atoms with Gasteiger partial charge in [-0.05, 0) is 24.1 Å². The van der Waals surface area contributed by atoms with E-state index in [9.17, 15) is 4.79 Å². The summed E-state index contributed by atoms with van der Waals surface area (Å²) in [5, 5.41) is 12.1. The zero-order valence-electron chi connectivity index (χ0n) is 10.9. The molecular formula is C14H22N2O2. The fourth-order valence-corrected chi connectivity index (χ4v) is 1.78. The molecule has 0 saturated carbocycles. The van der Waals surface area contributed by atoms with Crippen LogP contribution >= 0.6 is 0 Å². The second-order valence-corrected chi connectivity index (χ2v) is 4.49. The van der Waals surface area contributed by atoms with E-state index < -0.39 is 0 Å². The quantitative estimate of drug-likeness (QED) is 0.687. The highest BCUT2D eigenvalue weighted by Crippen LogP contribution is 2.10. The standard InChI is InChI=1S/C14H22N2O2/c1-2-3-4-12(10-15)16-14(18)9-11-5-7-13(17)8-6-11/h5-8,12,17H,2-4,9-10,15H2,1H3,(H,16,18). The van der Waals surface area contributed by atoms with Crippen LogP contribution in [0.15, 0.2) is 24.3 Å². The van der Waals surface area contributed by atoms with E-state index in [0.29, 0.717) is 13.0 Å². The zero-order valence-corrected chi connectivity index (χ0v) is 10.9. The molecule has 0 aliphatic carbocycles. The van der Waals surface area contributed by atoms with Crippen molar-refractivity contribution in [2.24, 2.45) is 5.73 Å². The highest BCUT2D eigenvalue weighted by molar-refractivity contribution is 5.78. The summed E-state index contributed by atoms with van der Waals surface area (Å²) in [5.74, 6) is 0.189. The highest BCUT2D eigenvalue weighted by Gasteiger charge is 2.10. The highest BCUT2D eigenvalue weighted by atomic mass is 16.3. The van der Waals surface area contributed by atoms with E-state index in [1.54, 1.807) is 24.3 Å². The number of amides is 1. The Bertz CT molecular complexity index is 363. The lowest BCUT2D eigenvalue weighted by molar-refractivity contribution is -0.121. The normalized spacial score (nSPS) is 12.1. The fourth-order valence-electron chi connectivity index (χ4n) is 1.78. The number of benzene rings is 1.